The second kappa shape index (κ2) is 6.33. The van der Waals surface area contributed by atoms with Gasteiger partial charge in [0.15, 0.2) is 0 Å². The van der Waals surface area contributed by atoms with Crippen LogP contribution in [0.4, 0.5) is 0 Å². The second-order valence-corrected chi connectivity index (χ2v) is 8.03. The maximum Gasteiger partial charge on any atom is 0.255 e. The molecule has 2 aromatic heterocycles. The Morgan fingerprint density at radius 3 is 2.76 bits per heavy atom. The Kier molecular flexibility index (Phi) is 4.15. The van der Waals surface area contributed by atoms with Crippen LogP contribution in [0.1, 0.15) is 42.1 Å². The van der Waals surface area contributed by atoms with Gasteiger partial charge in [0, 0.05) is 45.0 Å². The number of H-pyrrole nitrogens is 1. The maximum absolute atomic E-state index is 12.5. The van der Waals surface area contributed by atoms with Gasteiger partial charge < -0.3 is 14.8 Å². The van der Waals surface area contributed by atoms with Crippen molar-refractivity contribution in [3.8, 4) is 0 Å². The number of carbonyl (C=O) groups excluding carboxylic acids is 2. The minimum Gasteiger partial charge on any atom is -0.367 e. The molecule has 2 aliphatic rings. The van der Waals surface area contributed by atoms with Crippen LogP contribution in [0.15, 0.2) is 35.3 Å². The number of carbonyl (C=O) groups is 2. The fraction of sp³-hybridized carbons (Fsp3) is 0.474. The van der Waals surface area contributed by atoms with Crippen LogP contribution < -0.4 is 0 Å². The fourth-order valence-electron chi connectivity index (χ4n) is 4.12. The molecule has 1 spiro atoms. The van der Waals surface area contributed by atoms with Crippen molar-refractivity contribution in [2.45, 2.75) is 38.8 Å². The van der Waals surface area contributed by atoms with E-state index in [1.54, 1.807) is 30.7 Å². The van der Waals surface area contributed by atoms with Crippen molar-refractivity contribution in [2.24, 2.45) is 5.41 Å². The van der Waals surface area contributed by atoms with Gasteiger partial charge in [-0.15, -0.1) is 0 Å². The average Bonchev–Trinajstić information content (AvgIpc) is 3.07. The van der Waals surface area contributed by atoms with Crippen molar-refractivity contribution in [3.63, 3.8) is 0 Å². The molecule has 2 amide bonds. The first-order chi connectivity index (χ1) is 12.1. The number of likely N-dealkylation sites (tertiary alicyclic amines) is 1. The molecule has 4 rings (SSSR count). The standard InChI is InChI=1S/C19H23N3O2S/c1-14(23)22(12-15-3-9-25-13-15)17-10-19(17)4-7-21(8-5-19)18(24)16-2-6-20-11-16/h2-3,6,9,11,13,17,20H,4-5,7-8,10,12H2,1H3. The Morgan fingerprint density at radius 2 is 2.16 bits per heavy atom. The number of nitrogens with zero attached hydrogens (tertiary/aromatic N) is 2. The van der Waals surface area contributed by atoms with Crippen LogP contribution in [-0.4, -0.2) is 45.7 Å². The van der Waals surface area contributed by atoms with Crippen LogP contribution in [0.2, 0.25) is 0 Å². The normalized spacial score (nSPS) is 21.3. The number of nitrogens with one attached hydrogen (secondary N) is 1. The molecule has 1 atom stereocenters. The zero-order valence-corrected chi connectivity index (χ0v) is 15.2. The van der Waals surface area contributed by atoms with E-state index < -0.39 is 0 Å². The molecule has 132 valence electrons. The Bertz CT molecular complexity index is 746. The minimum atomic E-state index is 0.106. The molecule has 25 heavy (non-hydrogen) atoms. The minimum absolute atomic E-state index is 0.106. The van der Waals surface area contributed by atoms with Crippen LogP contribution >= 0.6 is 11.3 Å². The van der Waals surface area contributed by atoms with E-state index in [2.05, 4.69) is 21.8 Å². The van der Waals surface area contributed by atoms with E-state index in [9.17, 15) is 9.59 Å². The predicted octanol–water partition coefficient (Wildman–Crippen LogP) is 3.12. The Morgan fingerprint density at radius 1 is 1.36 bits per heavy atom. The molecule has 3 heterocycles. The first kappa shape index (κ1) is 16.4. The molecule has 6 heteroatoms. The van der Waals surface area contributed by atoms with Crippen molar-refractivity contribution >= 4 is 23.2 Å². The first-order valence-corrected chi connectivity index (χ1v) is 9.74. The fourth-order valence-corrected chi connectivity index (χ4v) is 4.78. The molecule has 0 bridgehead atoms. The average molecular weight is 357 g/mol. The van der Waals surface area contributed by atoms with E-state index in [1.807, 2.05) is 15.9 Å². The number of thiophene rings is 1. The lowest BCUT2D eigenvalue weighted by molar-refractivity contribution is -0.130. The topological polar surface area (TPSA) is 56.4 Å². The summed E-state index contributed by atoms with van der Waals surface area (Å²) in [6, 6.07) is 4.24. The summed E-state index contributed by atoms with van der Waals surface area (Å²) < 4.78 is 0. The summed E-state index contributed by atoms with van der Waals surface area (Å²) in [7, 11) is 0. The molecule has 2 fully saturated rings. The molecule has 5 nitrogen and oxygen atoms in total. The highest BCUT2D eigenvalue weighted by Gasteiger charge is 2.58. The number of rotatable bonds is 4. The zero-order chi connectivity index (χ0) is 17.4. The van der Waals surface area contributed by atoms with Gasteiger partial charge in [0.05, 0.1) is 5.56 Å². The zero-order valence-electron chi connectivity index (χ0n) is 14.4. The summed E-state index contributed by atoms with van der Waals surface area (Å²) in [5.41, 5.74) is 2.16. The third kappa shape index (κ3) is 3.11. The molecule has 1 unspecified atom stereocenters. The summed E-state index contributed by atoms with van der Waals surface area (Å²) in [5.74, 6) is 0.258. The molecule has 0 aromatic carbocycles. The van der Waals surface area contributed by atoms with Crippen LogP contribution in [0, 0.1) is 5.41 Å². The quantitative estimate of drug-likeness (QED) is 0.914. The van der Waals surface area contributed by atoms with Crippen molar-refractivity contribution in [3.05, 3.63) is 46.4 Å². The van der Waals surface area contributed by atoms with Crippen molar-refractivity contribution < 1.29 is 9.59 Å². The smallest absolute Gasteiger partial charge is 0.255 e. The summed E-state index contributed by atoms with van der Waals surface area (Å²) in [4.78, 5) is 31.6. The Hall–Kier alpha value is -2.08. The van der Waals surface area contributed by atoms with Crippen LogP contribution in [0.25, 0.3) is 0 Å². The molecular formula is C19H23N3O2S. The first-order valence-electron chi connectivity index (χ1n) is 8.79. The van der Waals surface area contributed by atoms with E-state index in [4.69, 9.17) is 0 Å². The van der Waals surface area contributed by atoms with Gasteiger partial charge in [0.1, 0.15) is 0 Å². The summed E-state index contributed by atoms with van der Waals surface area (Å²) in [6.07, 6.45) is 6.58. The van der Waals surface area contributed by atoms with Gasteiger partial charge in [0.25, 0.3) is 5.91 Å². The number of hydrogen-bond acceptors (Lipinski definition) is 3. The van der Waals surface area contributed by atoms with Crippen LogP contribution in [-0.2, 0) is 11.3 Å². The Labute approximate surface area is 151 Å². The van der Waals surface area contributed by atoms with Gasteiger partial charge in [-0.25, -0.2) is 0 Å². The SMILES string of the molecule is CC(=O)N(Cc1ccsc1)C1CC12CCN(C(=O)c1cc[nH]c1)CC2. The third-order valence-electron chi connectivity index (χ3n) is 5.75. The largest absolute Gasteiger partial charge is 0.367 e. The van der Waals surface area contributed by atoms with Gasteiger partial charge >= 0.3 is 0 Å². The lowest BCUT2D eigenvalue weighted by Gasteiger charge is -2.34. The highest BCUT2D eigenvalue weighted by molar-refractivity contribution is 7.07. The van der Waals surface area contributed by atoms with Crippen molar-refractivity contribution in [1.29, 1.82) is 0 Å². The van der Waals surface area contributed by atoms with Crippen LogP contribution in [0.3, 0.4) is 0 Å². The van der Waals surface area contributed by atoms with E-state index in [0.29, 0.717) is 12.6 Å². The number of aromatic amines is 1. The molecule has 1 saturated heterocycles. The van der Waals surface area contributed by atoms with E-state index in [0.717, 1.165) is 37.9 Å². The Balaban J connectivity index is 1.38. The molecule has 1 saturated carbocycles. The number of amides is 2. The lowest BCUT2D eigenvalue weighted by Crippen LogP contribution is -2.42. The number of piperidine rings is 1. The molecule has 0 radical (unpaired) electrons. The highest BCUT2D eigenvalue weighted by atomic mass is 32.1. The summed E-state index contributed by atoms with van der Waals surface area (Å²) in [5, 5.41) is 4.17. The van der Waals surface area contributed by atoms with Gasteiger partial charge in [0.2, 0.25) is 5.91 Å². The molecule has 1 N–H and O–H groups in total. The maximum atomic E-state index is 12.5. The summed E-state index contributed by atoms with van der Waals surface area (Å²) in [6.45, 7) is 3.94. The highest BCUT2D eigenvalue weighted by Crippen LogP contribution is 2.57. The van der Waals surface area contributed by atoms with Gasteiger partial charge in [-0.1, -0.05) is 0 Å². The van der Waals surface area contributed by atoms with Gasteiger partial charge in [-0.3, -0.25) is 9.59 Å². The molecule has 1 aliphatic heterocycles. The van der Waals surface area contributed by atoms with Crippen molar-refractivity contribution in [2.75, 3.05) is 13.1 Å². The second-order valence-electron chi connectivity index (χ2n) is 7.25. The van der Waals surface area contributed by atoms with E-state index in [1.165, 1.54) is 5.56 Å². The lowest BCUT2D eigenvalue weighted by atomic mass is 9.92. The van der Waals surface area contributed by atoms with Crippen LogP contribution in [0.5, 0.6) is 0 Å². The van der Waals surface area contributed by atoms with Crippen molar-refractivity contribution in [1.82, 2.24) is 14.8 Å². The van der Waals surface area contributed by atoms with E-state index >= 15 is 0 Å². The van der Waals surface area contributed by atoms with Gasteiger partial charge in [-0.05, 0) is 53.1 Å². The molecule has 1 aliphatic carbocycles. The van der Waals surface area contributed by atoms with Gasteiger partial charge in [-0.2, -0.15) is 11.3 Å². The monoisotopic (exact) mass is 357 g/mol. The molecule has 2 aromatic rings. The molecular weight excluding hydrogens is 334 g/mol. The number of aromatic nitrogens is 1. The third-order valence-corrected chi connectivity index (χ3v) is 6.48. The summed E-state index contributed by atoms with van der Waals surface area (Å²) >= 11 is 1.67. The van der Waals surface area contributed by atoms with E-state index in [-0.39, 0.29) is 17.2 Å². The predicted molar refractivity (Wildman–Crippen MR) is 97.3 cm³/mol. The number of hydrogen-bond donors (Lipinski definition) is 1.